The second-order valence-electron chi connectivity index (χ2n) is 6.57. The van der Waals surface area contributed by atoms with Crippen molar-refractivity contribution >= 4 is 17.5 Å². The van der Waals surface area contributed by atoms with Crippen molar-refractivity contribution in [2.75, 3.05) is 38.3 Å². The lowest BCUT2D eigenvalue weighted by Crippen LogP contribution is -2.44. The number of rotatable bonds is 6. The summed E-state index contributed by atoms with van der Waals surface area (Å²) in [4.78, 5) is 14.2. The topological polar surface area (TPSA) is 71.8 Å². The lowest BCUT2D eigenvalue weighted by molar-refractivity contribution is -0.137. The molecule has 1 atom stereocenters. The maximum atomic E-state index is 13.0. The number of fused-ring (bicyclic) bond motifs is 1. The quantitative estimate of drug-likeness (QED) is 0.772. The molecule has 27 heavy (non-hydrogen) atoms. The molecule has 1 N–H and O–H groups in total. The van der Waals surface area contributed by atoms with Gasteiger partial charge < -0.3 is 15.0 Å². The number of ether oxygens (including phenoxy) is 1. The Morgan fingerprint density at radius 3 is 2.93 bits per heavy atom. The van der Waals surface area contributed by atoms with Crippen LogP contribution in [0.25, 0.3) is 5.65 Å². The zero-order chi connectivity index (χ0) is 19.4. The molecule has 7 nitrogen and oxygen atoms in total. The highest BCUT2D eigenvalue weighted by Gasteiger charge is 2.32. The lowest BCUT2D eigenvalue weighted by atomic mass is 9.97. The number of pyridine rings is 1. The standard InChI is InChI=1S/C17H22F3N5O2/c1-27-9-3-7-21-15(26)12-4-2-8-24(10-12)16-23-22-14-6-5-13(11-25(14)16)17(18,19)20/h5-6,11-12H,2-4,7-10H2,1H3,(H,21,26)/t12-/m0/s1. The molecule has 0 aromatic carbocycles. The summed E-state index contributed by atoms with van der Waals surface area (Å²) in [7, 11) is 1.61. The number of methoxy groups -OCH3 is 1. The summed E-state index contributed by atoms with van der Waals surface area (Å²) in [6.45, 7) is 2.12. The predicted octanol–water partition coefficient (Wildman–Crippen LogP) is 2.12. The molecule has 2 aromatic heterocycles. The second kappa shape index (κ2) is 8.12. The summed E-state index contributed by atoms with van der Waals surface area (Å²) in [5.74, 6) is 0.0352. The molecule has 1 aliphatic heterocycles. The van der Waals surface area contributed by atoms with Crippen molar-refractivity contribution in [2.45, 2.75) is 25.4 Å². The number of amides is 1. The van der Waals surface area contributed by atoms with Crippen molar-refractivity contribution in [3.8, 4) is 0 Å². The van der Waals surface area contributed by atoms with E-state index in [4.69, 9.17) is 4.74 Å². The molecule has 3 heterocycles. The number of aromatic nitrogens is 3. The van der Waals surface area contributed by atoms with Gasteiger partial charge in [0, 0.05) is 39.5 Å². The minimum absolute atomic E-state index is 0.0550. The molecule has 10 heteroatoms. The van der Waals surface area contributed by atoms with Crippen LogP contribution in [0.3, 0.4) is 0 Å². The maximum absolute atomic E-state index is 13.0. The number of halogens is 3. The monoisotopic (exact) mass is 385 g/mol. The molecule has 0 aliphatic carbocycles. The molecule has 1 amide bonds. The van der Waals surface area contributed by atoms with E-state index >= 15 is 0 Å². The van der Waals surface area contributed by atoms with E-state index in [2.05, 4.69) is 15.5 Å². The van der Waals surface area contributed by atoms with E-state index in [1.807, 2.05) is 4.90 Å². The highest BCUT2D eigenvalue weighted by molar-refractivity contribution is 5.79. The van der Waals surface area contributed by atoms with Gasteiger partial charge in [0.05, 0.1) is 11.5 Å². The van der Waals surface area contributed by atoms with Gasteiger partial charge in [-0.15, -0.1) is 10.2 Å². The molecule has 1 aliphatic rings. The molecule has 148 valence electrons. The van der Waals surface area contributed by atoms with Gasteiger partial charge in [0.2, 0.25) is 11.9 Å². The normalized spacial score (nSPS) is 18.1. The number of hydrogen-bond donors (Lipinski definition) is 1. The Morgan fingerprint density at radius 1 is 1.37 bits per heavy atom. The van der Waals surface area contributed by atoms with Gasteiger partial charge >= 0.3 is 6.18 Å². The van der Waals surface area contributed by atoms with Gasteiger partial charge in [-0.25, -0.2) is 0 Å². The van der Waals surface area contributed by atoms with Crippen LogP contribution in [-0.2, 0) is 15.7 Å². The first kappa shape index (κ1) is 19.4. The zero-order valence-electron chi connectivity index (χ0n) is 15.0. The third-order valence-corrected chi connectivity index (χ3v) is 4.61. The van der Waals surface area contributed by atoms with E-state index in [0.29, 0.717) is 37.8 Å². The van der Waals surface area contributed by atoms with E-state index in [-0.39, 0.29) is 11.8 Å². The van der Waals surface area contributed by atoms with Crippen molar-refractivity contribution in [3.63, 3.8) is 0 Å². The Hall–Kier alpha value is -2.36. The summed E-state index contributed by atoms with van der Waals surface area (Å²) in [6.07, 6.45) is -1.23. The average molecular weight is 385 g/mol. The molecule has 0 radical (unpaired) electrons. The zero-order valence-corrected chi connectivity index (χ0v) is 15.0. The highest BCUT2D eigenvalue weighted by atomic mass is 19.4. The SMILES string of the molecule is COCCCNC(=O)[C@H]1CCCN(c2nnc3ccc(C(F)(F)F)cn23)C1. The van der Waals surface area contributed by atoms with Crippen LogP contribution in [0.15, 0.2) is 18.3 Å². The number of carbonyl (C=O) groups excluding carboxylic acids is 1. The number of piperidine rings is 1. The summed E-state index contributed by atoms with van der Waals surface area (Å²) in [6, 6.07) is 2.28. The largest absolute Gasteiger partial charge is 0.417 e. The first-order valence-electron chi connectivity index (χ1n) is 8.83. The van der Waals surface area contributed by atoms with Crippen LogP contribution < -0.4 is 10.2 Å². The first-order chi connectivity index (χ1) is 12.9. The third-order valence-electron chi connectivity index (χ3n) is 4.61. The summed E-state index contributed by atoms with van der Waals surface area (Å²) < 4.78 is 45.3. The molecule has 1 saturated heterocycles. The van der Waals surface area contributed by atoms with Crippen molar-refractivity contribution in [1.82, 2.24) is 19.9 Å². The Bertz CT molecular complexity index is 792. The minimum Gasteiger partial charge on any atom is -0.385 e. The van der Waals surface area contributed by atoms with Crippen LogP contribution in [-0.4, -0.2) is 53.9 Å². The van der Waals surface area contributed by atoms with Gasteiger partial charge in [0.1, 0.15) is 0 Å². The van der Waals surface area contributed by atoms with Crippen LogP contribution in [0.1, 0.15) is 24.8 Å². The van der Waals surface area contributed by atoms with Crippen molar-refractivity contribution < 1.29 is 22.7 Å². The number of nitrogens with one attached hydrogen (secondary N) is 1. The number of hydrogen-bond acceptors (Lipinski definition) is 5. The average Bonchev–Trinajstić information content (AvgIpc) is 3.08. The maximum Gasteiger partial charge on any atom is 0.417 e. The smallest absolute Gasteiger partial charge is 0.385 e. The predicted molar refractivity (Wildman–Crippen MR) is 92.4 cm³/mol. The molecule has 0 unspecified atom stereocenters. The summed E-state index contributed by atoms with van der Waals surface area (Å²) in [5, 5.41) is 10.9. The summed E-state index contributed by atoms with van der Waals surface area (Å²) in [5.41, 5.74) is -0.426. The summed E-state index contributed by atoms with van der Waals surface area (Å²) >= 11 is 0. The van der Waals surface area contributed by atoms with Gasteiger partial charge in [-0.3, -0.25) is 9.20 Å². The van der Waals surface area contributed by atoms with Gasteiger partial charge in [0.25, 0.3) is 0 Å². The number of carbonyl (C=O) groups is 1. The molecule has 0 bridgehead atoms. The fourth-order valence-corrected chi connectivity index (χ4v) is 3.21. The first-order valence-corrected chi connectivity index (χ1v) is 8.83. The van der Waals surface area contributed by atoms with Gasteiger partial charge in [-0.05, 0) is 31.4 Å². The number of anilines is 1. The molecule has 3 rings (SSSR count). The second-order valence-corrected chi connectivity index (χ2v) is 6.57. The van der Waals surface area contributed by atoms with Crippen molar-refractivity contribution in [3.05, 3.63) is 23.9 Å². The van der Waals surface area contributed by atoms with Crippen LogP contribution in [0, 0.1) is 5.92 Å². The van der Waals surface area contributed by atoms with Gasteiger partial charge in [0.15, 0.2) is 5.65 Å². The van der Waals surface area contributed by atoms with Crippen LogP contribution in [0.5, 0.6) is 0 Å². The fraction of sp³-hybridized carbons (Fsp3) is 0.588. The van der Waals surface area contributed by atoms with E-state index in [9.17, 15) is 18.0 Å². The number of alkyl halides is 3. The fourth-order valence-electron chi connectivity index (χ4n) is 3.21. The van der Waals surface area contributed by atoms with Crippen LogP contribution >= 0.6 is 0 Å². The highest BCUT2D eigenvalue weighted by Crippen LogP contribution is 2.30. The van der Waals surface area contributed by atoms with Crippen LogP contribution in [0.2, 0.25) is 0 Å². The molecule has 0 saturated carbocycles. The molecular weight excluding hydrogens is 363 g/mol. The third kappa shape index (κ3) is 4.49. The van der Waals surface area contributed by atoms with Gasteiger partial charge in [-0.2, -0.15) is 13.2 Å². The Kier molecular flexibility index (Phi) is 5.83. The number of nitrogens with zero attached hydrogens (tertiary/aromatic N) is 4. The molecular formula is C17H22F3N5O2. The van der Waals surface area contributed by atoms with E-state index in [0.717, 1.165) is 31.5 Å². The molecule has 1 fully saturated rings. The van der Waals surface area contributed by atoms with Gasteiger partial charge in [-0.1, -0.05) is 0 Å². The van der Waals surface area contributed by atoms with E-state index in [1.165, 1.54) is 10.5 Å². The Balaban J connectivity index is 1.73. The Labute approximate surface area is 154 Å². The van der Waals surface area contributed by atoms with E-state index in [1.54, 1.807) is 7.11 Å². The van der Waals surface area contributed by atoms with Crippen LogP contribution in [0.4, 0.5) is 19.1 Å². The van der Waals surface area contributed by atoms with E-state index < -0.39 is 11.7 Å². The lowest BCUT2D eigenvalue weighted by Gasteiger charge is -2.32. The van der Waals surface area contributed by atoms with Crippen molar-refractivity contribution in [2.24, 2.45) is 5.92 Å². The Morgan fingerprint density at radius 2 is 2.19 bits per heavy atom. The van der Waals surface area contributed by atoms with Crippen molar-refractivity contribution in [1.29, 1.82) is 0 Å². The molecule has 0 spiro atoms. The molecule has 2 aromatic rings. The minimum atomic E-state index is -4.44.